The Hall–Kier alpha value is -0.670. The molecule has 0 aliphatic carbocycles. The number of piperidine rings is 1. The predicted molar refractivity (Wildman–Crippen MR) is 76.9 cm³/mol. The Labute approximate surface area is 113 Å². The molecule has 1 heterocycles. The molecule has 1 aromatic rings. The van der Waals surface area contributed by atoms with E-state index in [2.05, 4.69) is 23.4 Å². The van der Waals surface area contributed by atoms with E-state index in [0.717, 1.165) is 24.4 Å². The van der Waals surface area contributed by atoms with Gasteiger partial charge >= 0.3 is 0 Å². The molecule has 1 saturated heterocycles. The first-order chi connectivity index (χ1) is 8.81. The van der Waals surface area contributed by atoms with E-state index < -0.39 is 11.0 Å². The quantitative estimate of drug-likeness (QED) is 0.797. The van der Waals surface area contributed by atoms with Crippen LogP contribution in [0.3, 0.4) is 0 Å². The number of benzene rings is 1. The molecule has 0 bridgehead atoms. The summed E-state index contributed by atoms with van der Waals surface area (Å²) in [5.74, 6) is 0. The monoisotopic (exact) mass is 265 g/mol. The van der Waals surface area contributed by atoms with Crippen LogP contribution in [0.25, 0.3) is 0 Å². The Morgan fingerprint density at radius 1 is 1.11 bits per heavy atom. The fourth-order valence-corrected chi connectivity index (χ4v) is 3.59. The normalized spacial score (nSPS) is 18.7. The molecule has 2 nitrogen and oxygen atoms in total. The van der Waals surface area contributed by atoms with E-state index in [9.17, 15) is 4.21 Å². The molecule has 1 fully saturated rings. The highest BCUT2D eigenvalue weighted by Gasteiger charge is 2.17. The second-order valence-corrected chi connectivity index (χ2v) is 6.47. The fourth-order valence-electron chi connectivity index (χ4n) is 2.33. The van der Waals surface area contributed by atoms with Crippen molar-refractivity contribution < 1.29 is 4.21 Å². The molecule has 1 aromatic carbocycles. The van der Waals surface area contributed by atoms with Gasteiger partial charge in [0.05, 0.1) is 4.90 Å². The molecule has 0 amide bonds. The van der Waals surface area contributed by atoms with E-state index in [0.29, 0.717) is 0 Å². The Balaban J connectivity index is 1.97. The molecule has 2 rings (SSSR count). The highest BCUT2D eigenvalue weighted by molar-refractivity contribution is 7.82. The molecule has 3 heteroatoms. The number of nitrogens with zero attached hydrogens (tertiary/aromatic N) is 1. The Bertz CT molecular complexity index is 382. The number of unbranched alkanes of at least 4 members (excludes halogenated alkanes) is 1. The summed E-state index contributed by atoms with van der Waals surface area (Å²) in [5, 5.41) is 0. The van der Waals surface area contributed by atoms with E-state index in [1.807, 2.05) is 12.1 Å². The number of hydrogen-bond donors (Lipinski definition) is 0. The van der Waals surface area contributed by atoms with Crippen molar-refractivity contribution in [2.45, 2.75) is 50.3 Å². The van der Waals surface area contributed by atoms with Crippen molar-refractivity contribution in [3.05, 3.63) is 29.8 Å². The van der Waals surface area contributed by atoms with Gasteiger partial charge in [-0.15, -0.1) is 0 Å². The van der Waals surface area contributed by atoms with Gasteiger partial charge in [0.1, 0.15) is 11.0 Å². The molecule has 1 aliphatic rings. The average Bonchev–Trinajstić information content (AvgIpc) is 2.46. The van der Waals surface area contributed by atoms with Gasteiger partial charge in [-0.05, 0) is 43.4 Å². The standard InChI is InChI=1S/C15H23NOS/c1-2-3-7-14-8-10-15(11-9-14)18(17)16-12-5-4-6-13-16/h8-11H,2-7,12-13H2,1H3. The topological polar surface area (TPSA) is 20.3 Å². The zero-order valence-corrected chi connectivity index (χ0v) is 12.0. The van der Waals surface area contributed by atoms with Crippen molar-refractivity contribution in [1.29, 1.82) is 0 Å². The molecule has 1 atom stereocenters. The van der Waals surface area contributed by atoms with E-state index in [4.69, 9.17) is 0 Å². The third kappa shape index (κ3) is 3.66. The smallest absolute Gasteiger partial charge is 0.127 e. The maximum absolute atomic E-state index is 12.4. The van der Waals surface area contributed by atoms with Gasteiger partial charge in [-0.2, -0.15) is 0 Å². The minimum atomic E-state index is -0.951. The van der Waals surface area contributed by atoms with Crippen LogP contribution >= 0.6 is 0 Å². The molecule has 1 aliphatic heterocycles. The van der Waals surface area contributed by atoms with Crippen molar-refractivity contribution >= 4 is 11.0 Å². The molecular formula is C15H23NOS. The summed E-state index contributed by atoms with van der Waals surface area (Å²) in [6, 6.07) is 8.34. The van der Waals surface area contributed by atoms with Gasteiger partial charge in [0, 0.05) is 13.1 Å². The van der Waals surface area contributed by atoms with Crippen LogP contribution in [-0.2, 0) is 17.4 Å². The van der Waals surface area contributed by atoms with Crippen LogP contribution in [0, 0.1) is 0 Å². The highest BCUT2D eigenvalue weighted by atomic mass is 32.2. The van der Waals surface area contributed by atoms with Gasteiger partial charge in [0.2, 0.25) is 0 Å². The van der Waals surface area contributed by atoms with E-state index in [-0.39, 0.29) is 0 Å². The minimum absolute atomic E-state index is 0.951. The van der Waals surface area contributed by atoms with Crippen molar-refractivity contribution in [3.63, 3.8) is 0 Å². The molecular weight excluding hydrogens is 242 g/mol. The molecule has 18 heavy (non-hydrogen) atoms. The van der Waals surface area contributed by atoms with Crippen LogP contribution < -0.4 is 0 Å². The maximum atomic E-state index is 12.4. The molecule has 0 aromatic heterocycles. The van der Waals surface area contributed by atoms with Crippen LogP contribution in [0.2, 0.25) is 0 Å². The zero-order valence-electron chi connectivity index (χ0n) is 11.2. The van der Waals surface area contributed by atoms with Crippen LogP contribution in [0.1, 0.15) is 44.6 Å². The maximum Gasteiger partial charge on any atom is 0.127 e. The van der Waals surface area contributed by atoms with Gasteiger partial charge in [-0.3, -0.25) is 0 Å². The van der Waals surface area contributed by atoms with Crippen LogP contribution in [0.4, 0.5) is 0 Å². The lowest BCUT2D eigenvalue weighted by atomic mass is 10.1. The van der Waals surface area contributed by atoms with Gasteiger partial charge in [-0.25, -0.2) is 8.51 Å². The second-order valence-electron chi connectivity index (χ2n) is 4.99. The summed E-state index contributed by atoms with van der Waals surface area (Å²) in [6.07, 6.45) is 7.23. The summed E-state index contributed by atoms with van der Waals surface area (Å²) in [6.45, 7) is 4.16. The summed E-state index contributed by atoms with van der Waals surface area (Å²) in [5.41, 5.74) is 1.36. The number of hydrogen-bond acceptors (Lipinski definition) is 1. The van der Waals surface area contributed by atoms with Crippen LogP contribution in [0.15, 0.2) is 29.2 Å². The highest BCUT2D eigenvalue weighted by Crippen LogP contribution is 2.18. The Morgan fingerprint density at radius 2 is 1.78 bits per heavy atom. The minimum Gasteiger partial charge on any atom is -0.237 e. The zero-order chi connectivity index (χ0) is 12.8. The summed E-state index contributed by atoms with van der Waals surface area (Å²) < 4.78 is 14.5. The molecule has 1 unspecified atom stereocenters. The van der Waals surface area contributed by atoms with E-state index in [1.54, 1.807) is 0 Å². The largest absolute Gasteiger partial charge is 0.237 e. The lowest BCUT2D eigenvalue weighted by Gasteiger charge is -2.25. The first-order valence-corrected chi connectivity index (χ1v) is 8.17. The summed E-state index contributed by atoms with van der Waals surface area (Å²) >= 11 is 0. The van der Waals surface area contributed by atoms with Crippen molar-refractivity contribution in [3.8, 4) is 0 Å². The third-order valence-electron chi connectivity index (χ3n) is 3.49. The third-order valence-corrected chi connectivity index (χ3v) is 5.00. The predicted octanol–water partition coefficient (Wildman–Crippen LogP) is 3.54. The van der Waals surface area contributed by atoms with Gasteiger partial charge in [0.25, 0.3) is 0 Å². The van der Waals surface area contributed by atoms with Gasteiger partial charge in [-0.1, -0.05) is 31.9 Å². The van der Waals surface area contributed by atoms with Crippen molar-refractivity contribution in [1.82, 2.24) is 4.31 Å². The van der Waals surface area contributed by atoms with Gasteiger partial charge < -0.3 is 0 Å². The van der Waals surface area contributed by atoms with E-state index >= 15 is 0 Å². The molecule has 0 saturated carbocycles. The second kappa shape index (κ2) is 7.05. The van der Waals surface area contributed by atoms with Crippen LogP contribution in [-0.4, -0.2) is 21.6 Å². The first-order valence-electron chi connectivity index (χ1n) is 7.07. The molecule has 100 valence electrons. The SMILES string of the molecule is CCCCc1ccc(S(=O)N2CCCCC2)cc1. The summed E-state index contributed by atoms with van der Waals surface area (Å²) in [7, 11) is -0.951. The molecule has 0 radical (unpaired) electrons. The number of aryl methyl sites for hydroxylation is 1. The lowest BCUT2D eigenvalue weighted by Crippen LogP contribution is -2.31. The lowest BCUT2D eigenvalue weighted by molar-refractivity contribution is 0.365. The van der Waals surface area contributed by atoms with Gasteiger partial charge in [0.15, 0.2) is 0 Å². The average molecular weight is 265 g/mol. The first kappa shape index (κ1) is 13.8. The summed E-state index contributed by atoms with van der Waals surface area (Å²) in [4.78, 5) is 0.956. The van der Waals surface area contributed by atoms with Crippen molar-refractivity contribution in [2.24, 2.45) is 0 Å². The molecule has 0 N–H and O–H groups in total. The molecule has 0 spiro atoms. The van der Waals surface area contributed by atoms with Crippen LogP contribution in [0.5, 0.6) is 0 Å². The number of rotatable bonds is 5. The van der Waals surface area contributed by atoms with E-state index in [1.165, 1.54) is 37.7 Å². The Kier molecular flexibility index (Phi) is 5.39. The fraction of sp³-hybridized carbons (Fsp3) is 0.600. The Morgan fingerprint density at radius 3 is 2.39 bits per heavy atom. The van der Waals surface area contributed by atoms with Crippen molar-refractivity contribution in [2.75, 3.05) is 13.1 Å².